The fourth-order valence-electron chi connectivity index (χ4n) is 4.37. The van der Waals surface area contributed by atoms with Crippen molar-refractivity contribution in [3.05, 3.63) is 35.0 Å². The van der Waals surface area contributed by atoms with Crippen LogP contribution in [0, 0.1) is 13.8 Å². The van der Waals surface area contributed by atoms with E-state index in [4.69, 9.17) is 9.26 Å². The van der Waals surface area contributed by atoms with Crippen LogP contribution in [0.15, 0.2) is 16.9 Å². The van der Waals surface area contributed by atoms with E-state index in [9.17, 15) is 9.59 Å². The van der Waals surface area contributed by atoms with Gasteiger partial charge in [-0.2, -0.15) is 5.10 Å². The topological polar surface area (TPSA) is 102 Å². The molecule has 0 aromatic carbocycles. The number of nitrogens with one attached hydrogen (secondary N) is 1. The number of hydrogen-bond acceptors (Lipinski definition) is 6. The van der Waals surface area contributed by atoms with Gasteiger partial charge in [0.1, 0.15) is 11.3 Å². The molecule has 2 aromatic heterocycles. The minimum absolute atomic E-state index is 0.0339. The number of hydrogen-bond donors (Lipinski definition) is 1. The van der Waals surface area contributed by atoms with E-state index in [0.29, 0.717) is 42.3 Å². The number of likely N-dealkylation sites (tertiary alicyclic amines) is 1. The van der Waals surface area contributed by atoms with Gasteiger partial charge in [0.05, 0.1) is 23.1 Å². The van der Waals surface area contributed by atoms with Crippen LogP contribution in [-0.2, 0) is 11.8 Å². The molecule has 1 spiro atoms. The highest BCUT2D eigenvalue weighted by Crippen LogP contribution is 2.35. The summed E-state index contributed by atoms with van der Waals surface area (Å²) in [6.45, 7) is 5.39. The number of piperidine rings is 1. The molecule has 9 heteroatoms. The number of aryl methyl sites for hydroxylation is 3. The normalized spacial score (nSPS) is 21.3. The third-order valence-electron chi connectivity index (χ3n) is 6.00. The molecule has 1 N–H and O–H groups in total. The second-order valence-electron chi connectivity index (χ2n) is 8.09. The van der Waals surface area contributed by atoms with E-state index in [0.717, 1.165) is 25.7 Å². The summed E-state index contributed by atoms with van der Waals surface area (Å²) in [4.78, 5) is 27.2. The maximum Gasteiger partial charge on any atom is 0.259 e. The Hall–Kier alpha value is -2.68. The predicted octanol–water partition coefficient (Wildman–Crippen LogP) is 1.61. The molecule has 0 radical (unpaired) electrons. The van der Waals surface area contributed by atoms with Crippen molar-refractivity contribution in [2.24, 2.45) is 7.05 Å². The molecule has 2 aromatic rings. The van der Waals surface area contributed by atoms with Gasteiger partial charge in [-0.05, 0) is 39.5 Å². The summed E-state index contributed by atoms with van der Waals surface area (Å²) in [6, 6.07) is 0.0567. The van der Waals surface area contributed by atoms with Gasteiger partial charge in [0.2, 0.25) is 0 Å². The summed E-state index contributed by atoms with van der Waals surface area (Å²) in [5, 5.41) is 11.1. The molecule has 0 aliphatic carbocycles. The smallest absolute Gasteiger partial charge is 0.259 e. The molecular weight excluding hydrogens is 374 g/mol. The van der Waals surface area contributed by atoms with Crippen molar-refractivity contribution in [2.75, 3.05) is 19.7 Å². The molecule has 156 valence electrons. The number of amides is 2. The molecule has 2 fully saturated rings. The third kappa shape index (κ3) is 3.91. The second kappa shape index (κ2) is 7.62. The minimum Gasteiger partial charge on any atom is -0.375 e. The van der Waals surface area contributed by atoms with Crippen LogP contribution in [0.2, 0.25) is 0 Å². The summed E-state index contributed by atoms with van der Waals surface area (Å²) in [7, 11) is 1.79. The second-order valence-corrected chi connectivity index (χ2v) is 8.09. The Labute approximate surface area is 169 Å². The largest absolute Gasteiger partial charge is 0.375 e. The van der Waals surface area contributed by atoms with Crippen molar-refractivity contribution in [3.8, 4) is 0 Å². The lowest BCUT2D eigenvalue weighted by molar-refractivity contribution is -0.114. The zero-order valence-corrected chi connectivity index (χ0v) is 17.1. The van der Waals surface area contributed by atoms with Crippen molar-refractivity contribution < 1.29 is 18.8 Å². The highest BCUT2D eigenvalue weighted by molar-refractivity contribution is 5.96. The number of aromatic nitrogens is 3. The van der Waals surface area contributed by atoms with Crippen molar-refractivity contribution >= 4 is 11.8 Å². The van der Waals surface area contributed by atoms with E-state index < -0.39 is 0 Å². The molecule has 4 rings (SSSR count). The molecule has 0 bridgehead atoms. The highest BCUT2D eigenvalue weighted by Gasteiger charge is 2.42. The monoisotopic (exact) mass is 401 g/mol. The van der Waals surface area contributed by atoms with E-state index in [1.54, 1.807) is 38.0 Å². The summed E-state index contributed by atoms with van der Waals surface area (Å²) in [6.07, 6.45) is 6.33. The Bertz CT molecular complexity index is 890. The van der Waals surface area contributed by atoms with E-state index >= 15 is 0 Å². The Morgan fingerprint density at radius 2 is 2.03 bits per heavy atom. The van der Waals surface area contributed by atoms with Crippen molar-refractivity contribution in [1.82, 2.24) is 25.2 Å². The lowest BCUT2D eigenvalue weighted by Crippen LogP contribution is -2.54. The third-order valence-corrected chi connectivity index (χ3v) is 6.00. The molecule has 29 heavy (non-hydrogen) atoms. The lowest BCUT2D eigenvalue weighted by Gasteiger charge is -2.46. The SMILES string of the molecule is Cc1noc(C)c1C(=O)N1CCC2(CC1)C[C@@H](NC(=O)c1cnn(C)c1)CCO2. The molecule has 1 atom stereocenters. The van der Waals surface area contributed by atoms with Crippen LogP contribution in [-0.4, -0.2) is 63.0 Å². The standard InChI is InChI=1S/C20H27N5O4/c1-13-17(14(2)29-23-13)19(27)25-7-5-20(6-8-25)10-16(4-9-28-20)22-18(26)15-11-21-24(3)12-15/h11-12,16H,4-10H2,1-3H3,(H,22,26)/t16-/m0/s1. The van der Waals surface area contributed by atoms with Crippen LogP contribution >= 0.6 is 0 Å². The number of nitrogens with zero attached hydrogens (tertiary/aromatic N) is 4. The van der Waals surface area contributed by atoms with Gasteiger partial charge in [-0.25, -0.2) is 0 Å². The van der Waals surface area contributed by atoms with Gasteiger partial charge in [0.25, 0.3) is 11.8 Å². The van der Waals surface area contributed by atoms with Gasteiger partial charge >= 0.3 is 0 Å². The number of ether oxygens (including phenoxy) is 1. The van der Waals surface area contributed by atoms with E-state index in [-0.39, 0.29) is 23.5 Å². The number of carbonyl (C=O) groups excluding carboxylic acids is 2. The first-order chi connectivity index (χ1) is 13.9. The first kappa shape index (κ1) is 19.6. The van der Waals surface area contributed by atoms with E-state index in [1.807, 2.05) is 4.90 Å². The van der Waals surface area contributed by atoms with Crippen molar-refractivity contribution in [1.29, 1.82) is 0 Å². The quantitative estimate of drug-likeness (QED) is 0.838. The van der Waals surface area contributed by atoms with E-state index in [1.165, 1.54) is 0 Å². The van der Waals surface area contributed by atoms with E-state index in [2.05, 4.69) is 15.6 Å². The van der Waals surface area contributed by atoms with Gasteiger partial charge in [-0.15, -0.1) is 0 Å². The fourth-order valence-corrected chi connectivity index (χ4v) is 4.37. The molecule has 0 unspecified atom stereocenters. The van der Waals surface area contributed by atoms with Gasteiger partial charge < -0.3 is 19.5 Å². The zero-order valence-electron chi connectivity index (χ0n) is 17.1. The Kier molecular flexibility index (Phi) is 5.16. The molecule has 2 amide bonds. The first-order valence-electron chi connectivity index (χ1n) is 10.0. The average Bonchev–Trinajstić information content (AvgIpc) is 3.27. The van der Waals surface area contributed by atoms with Gasteiger partial charge in [-0.1, -0.05) is 5.16 Å². The molecular formula is C20H27N5O4. The summed E-state index contributed by atoms with van der Waals surface area (Å²) >= 11 is 0. The predicted molar refractivity (Wildman–Crippen MR) is 103 cm³/mol. The molecule has 0 saturated carbocycles. The van der Waals surface area contributed by atoms with Crippen LogP contribution in [0.5, 0.6) is 0 Å². The maximum absolute atomic E-state index is 12.9. The number of rotatable bonds is 3. The van der Waals surface area contributed by atoms with Crippen molar-refractivity contribution in [2.45, 2.75) is 51.2 Å². The minimum atomic E-state index is -0.291. The van der Waals surface area contributed by atoms with Crippen molar-refractivity contribution in [3.63, 3.8) is 0 Å². The highest BCUT2D eigenvalue weighted by atomic mass is 16.5. The average molecular weight is 401 g/mol. The molecule has 2 aliphatic rings. The van der Waals surface area contributed by atoms with Crippen LogP contribution in [0.25, 0.3) is 0 Å². The van der Waals surface area contributed by atoms with Gasteiger partial charge in [0.15, 0.2) is 0 Å². The Morgan fingerprint density at radius 1 is 1.28 bits per heavy atom. The van der Waals surface area contributed by atoms with Crippen LogP contribution in [0.1, 0.15) is 57.9 Å². The van der Waals surface area contributed by atoms with Crippen LogP contribution in [0.3, 0.4) is 0 Å². The van der Waals surface area contributed by atoms with Gasteiger partial charge in [-0.3, -0.25) is 14.3 Å². The van der Waals surface area contributed by atoms with Crippen LogP contribution < -0.4 is 5.32 Å². The van der Waals surface area contributed by atoms with Crippen LogP contribution in [0.4, 0.5) is 0 Å². The summed E-state index contributed by atoms with van der Waals surface area (Å²) in [5.74, 6) is 0.416. The zero-order chi connectivity index (χ0) is 20.6. The molecule has 2 aliphatic heterocycles. The molecule has 9 nitrogen and oxygen atoms in total. The number of carbonyl (C=O) groups is 2. The first-order valence-corrected chi connectivity index (χ1v) is 10.0. The summed E-state index contributed by atoms with van der Waals surface area (Å²) in [5.41, 5.74) is 1.46. The lowest BCUT2D eigenvalue weighted by atomic mass is 9.82. The summed E-state index contributed by atoms with van der Waals surface area (Å²) < 4.78 is 12.9. The maximum atomic E-state index is 12.9. The Balaban J connectivity index is 1.36. The Morgan fingerprint density at radius 3 is 2.66 bits per heavy atom. The molecule has 4 heterocycles. The molecule has 2 saturated heterocycles. The van der Waals surface area contributed by atoms with Gasteiger partial charge in [0, 0.05) is 39.0 Å². The fraction of sp³-hybridized carbons (Fsp3) is 0.600.